The van der Waals surface area contributed by atoms with E-state index >= 15 is 0 Å². The van der Waals surface area contributed by atoms with Gasteiger partial charge in [0.2, 0.25) is 0 Å². The first-order valence-electron chi connectivity index (χ1n) is 18.1. The number of nitrogens with zero attached hydrogens (tertiary/aromatic N) is 6. The van der Waals surface area contributed by atoms with Crippen LogP contribution in [0.3, 0.4) is 0 Å². The molecule has 0 atom stereocenters. The van der Waals surface area contributed by atoms with Gasteiger partial charge in [-0.3, -0.25) is 0 Å². The van der Waals surface area contributed by atoms with Crippen LogP contribution in [0.5, 0.6) is 0 Å². The Labute approximate surface area is 313 Å². The smallest absolute Gasteiger partial charge is 0.104 e. The Morgan fingerprint density at radius 2 is 0.440 bits per heavy atom. The van der Waals surface area contributed by atoms with Crippen LogP contribution in [0.25, 0.3) is 0 Å². The lowest BCUT2D eigenvalue weighted by Gasteiger charge is -2.32. The molecule has 0 fully saturated rings. The molecule has 278 valence electrons. The molecule has 6 nitrogen and oxygen atoms in total. The van der Waals surface area contributed by atoms with Crippen LogP contribution in [0.1, 0.15) is 33.4 Å². The minimum Gasteiger partial charge on any atom is -0.327 e. The highest BCUT2D eigenvalue weighted by atomic mass is 32.4. The zero-order valence-corrected chi connectivity index (χ0v) is 37.2. The average Bonchev–Trinajstić information content (AvgIpc) is 2.81. The van der Waals surface area contributed by atoms with Crippen LogP contribution in [0.2, 0.25) is 0 Å². The van der Waals surface area contributed by atoms with E-state index in [4.69, 9.17) is 11.8 Å². The maximum Gasteiger partial charge on any atom is 0.104 e. The Bertz CT molecular complexity index is 1380. The molecule has 0 aromatic heterocycles. The van der Waals surface area contributed by atoms with Crippen molar-refractivity contribution < 1.29 is 26.9 Å². The van der Waals surface area contributed by atoms with Gasteiger partial charge in [-0.2, -0.15) is 0 Å². The summed E-state index contributed by atoms with van der Waals surface area (Å²) in [6.45, 7) is 5.73. The van der Waals surface area contributed by atoms with Crippen LogP contribution in [0, 0.1) is 0 Å². The summed E-state index contributed by atoms with van der Waals surface area (Å²) in [5.41, 5.74) is 8.23. The highest BCUT2D eigenvalue weighted by Crippen LogP contribution is 2.45. The summed E-state index contributed by atoms with van der Waals surface area (Å²) >= 11 is 7.39. The number of benzene rings is 3. The molecule has 0 N–H and O–H groups in total. The van der Waals surface area contributed by atoms with Crippen LogP contribution in [0.15, 0.2) is 54.6 Å². The van der Waals surface area contributed by atoms with Gasteiger partial charge in [-0.25, -0.2) is 0 Å². The van der Waals surface area contributed by atoms with Crippen molar-refractivity contribution in [2.24, 2.45) is 0 Å². The molecule has 0 amide bonds. The molecule has 0 saturated carbocycles. The van der Waals surface area contributed by atoms with Gasteiger partial charge in [0.25, 0.3) is 0 Å². The predicted molar refractivity (Wildman–Crippen MR) is 223 cm³/mol. The highest BCUT2D eigenvalue weighted by molar-refractivity contribution is 8.25. The molecule has 0 saturated heterocycles. The molecular weight excluding hydrogens is 652 g/mol. The summed E-state index contributed by atoms with van der Waals surface area (Å²) in [4.78, 5) is 0. The minimum absolute atomic E-state index is 0.870. The first-order valence-corrected chi connectivity index (χ1v) is 20.9. The molecule has 3 rings (SSSR count). The van der Waals surface area contributed by atoms with Crippen molar-refractivity contribution in [3.8, 4) is 0 Å². The molecule has 3 aromatic rings. The maximum absolute atomic E-state index is 7.39. The van der Waals surface area contributed by atoms with E-state index in [0.29, 0.717) is 0 Å². The van der Waals surface area contributed by atoms with Crippen LogP contribution < -0.4 is 15.9 Å². The Hall–Kier alpha value is -1.93. The largest absolute Gasteiger partial charge is 0.327 e. The molecule has 0 bridgehead atoms. The van der Waals surface area contributed by atoms with E-state index in [-0.39, 0.29) is 0 Å². The van der Waals surface area contributed by atoms with E-state index in [2.05, 4.69) is 181 Å². The Morgan fingerprint density at radius 3 is 0.560 bits per heavy atom. The number of hydrogen-bond acceptors (Lipinski definition) is 1. The quantitative estimate of drug-likeness (QED) is 0.162. The van der Waals surface area contributed by atoms with Crippen molar-refractivity contribution in [2.45, 2.75) is 39.3 Å². The van der Waals surface area contributed by atoms with Crippen LogP contribution in [0.4, 0.5) is 0 Å². The molecule has 0 spiro atoms. The normalized spacial score (nSPS) is 14.0. The summed E-state index contributed by atoms with van der Waals surface area (Å²) in [6, 6.07) is 19.7. The van der Waals surface area contributed by atoms with Crippen molar-refractivity contribution in [2.75, 3.05) is 127 Å². The summed E-state index contributed by atoms with van der Waals surface area (Å²) < 4.78 is 5.22. The van der Waals surface area contributed by atoms with E-state index < -0.39 is 6.04 Å². The summed E-state index contributed by atoms with van der Waals surface area (Å²) in [5, 5.41) is 3.96. The van der Waals surface area contributed by atoms with Crippen molar-refractivity contribution in [3.63, 3.8) is 0 Å². The van der Waals surface area contributed by atoms with Crippen molar-refractivity contribution in [3.05, 3.63) is 88.0 Å². The second-order valence-electron chi connectivity index (χ2n) is 21.3. The van der Waals surface area contributed by atoms with Gasteiger partial charge in [0.15, 0.2) is 0 Å². The molecule has 0 aliphatic carbocycles. The Morgan fingerprint density at radius 1 is 0.300 bits per heavy atom. The van der Waals surface area contributed by atoms with E-state index in [0.717, 1.165) is 66.2 Å². The van der Waals surface area contributed by atoms with Gasteiger partial charge >= 0.3 is 0 Å². The average molecular weight is 727 g/mol. The lowest BCUT2D eigenvalue weighted by atomic mass is 10.1. The molecule has 8 heteroatoms. The Kier molecular flexibility index (Phi) is 12.6. The fraction of sp³-hybridized carbons (Fsp3) is 0.571. The first kappa shape index (κ1) is 42.5. The molecular formula is C42H75N6PS+6. The molecule has 3 aromatic carbocycles. The Balaban J connectivity index is 2.57. The van der Waals surface area contributed by atoms with Gasteiger partial charge in [-0.1, -0.05) is 11.8 Å². The van der Waals surface area contributed by atoms with Crippen LogP contribution in [-0.2, 0) is 51.1 Å². The lowest BCUT2D eigenvalue weighted by Crippen LogP contribution is -2.37. The van der Waals surface area contributed by atoms with Crippen molar-refractivity contribution >= 4 is 33.8 Å². The zero-order valence-electron chi connectivity index (χ0n) is 35.5. The van der Waals surface area contributed by atoms with E-state index in [1.807, 2.05) is 0 Å². The third-order valence-electron chi connectivity index (χ3n) is 8.14. The number of hydrogen-bond donors (Lipinski definition) is 0. The molecule has 0 heterocycles. The van der Waals surface area contributed by atoms with E-state index in [1.54, 1.807) is 0 Å². The molecule has 0 aliphatic rings. The van der Waals surface area contributed by atoms with Gasteiger partial charge in [0.05, 0.1) is 127 Å². The lowest BCUT2D eigenvalue weighted by molar-refractivity contribution is -0.884. The number of rotatable bonds is 15. The monoisotopic (exact) mass is 727 g/mol. The third kappa shape index (κ3) is 13.9. The second kappa shape index (κ2) is 14.8. The third-order valence-corrected chi connectivity index (χ3v) is 13.0. The first-order chi connectivity index (χ1) is 22.3. The zero-order chi connectivity index (χ0) is 38.3. The standard InChI is InChI=1S/C42H75N6PS/c1-43(2,3)28-34-19-35(29-44(4,5)6)23-40(22-34)49(50,41-24-36(30-45(7,8)9)20-37(25-41)31-46(10,11)12)42-26-38(32-47(13,14)15)21-39(27-42)33-48(16,17)18/h19-27H,28-33H2,1-18H3/q+6. The molecule has 0 aliphatic heterocycles. The summed E-state index contributed by atoms with van der Waals surface area (Å²) in [7, 11) is 41.2. The SMILES string of the molecule is C[N+](C)(C)Cc1cc(C[N+](C)(C)C)cc(P(=S)(c2cc(C[N+](C)(C)C)cc(C[N+](C)(C)C)c2)c2cc(C[N+](C)(C)C)cc(C[N+](C)(C)C)c2)c1. The maximum atomic E-state index is 7.39. The topological polar surface area (TPSA) is 0 Å². The van der Waals surface area contributed by atoms with Gasteiger partial charge < -0.3 is 26.9 Å². The van der Waals surface area contributed by atoms with Gasteiger partial charge in [0, 0.05) is 39.4 Å². The second-order valence-corrected chi connectivity index (χ2v) is 25.7. The van der Waals surface area contributed by atoms with E-state index in [9.17, 15) is 0 Å². The fourth-order valence-corrected chi connectivity index (χ4v) is 11.0. The summed E-state index contributed by atoms with van der Waals surface area (Å²) in [6.07, 6.45) is 0. The van der Waals surface area contributed by atoms with Crippen LogP contribution in [-0.4, -0.2) is 154 Å². The van der Waals surface area contributed by atoms with E-state index in [1.165, 1.54) is 49.3 Å². The molecule has 50 heavy (non-hydrogen) atoms. The number of quaternary nitrogens is 6. The summed E-state index contributed by atoms with van der Waals surface area (Å²) in [5.74, 6) is 0. The highest BCUT2D eigenvalue weighted by Gasteiger charge is 2.31. The molecule has 0 radical (unpaired) electrons. The van der Waals surface area contributed by atoms with Gasteiger partial charge in [-0.15, -0.1) is 0 Å². The predicted octanol–water partition coefficient (Wildman–Crippen LogP) is 4.68. The van der Waals surface area contributed by atoms with Crippen molar-refractivity contribution in [1.29, 1.82) is 0 Å². The van der Waals surface area contributed by atoms with Crippen molar-refractivity contribution in [1.82, 2.24) is 0 Å². The fourth-order valence-electron chi connectivity index (χ4n) is 7.06. The molecule has 0 unspecified atom stereocenters. The van der Waals surface area contributed by atoms with Gasteiger partial charge in [-0.05, 0) is 70.5 Å². The van der Waals surface area contributed by atoms with Crippen LogP contribution >= 0.6 is 6.04 Å². The minimum atomic E-state index is -2.54. The van der Waals surface area contributed by atoms with Gasteiger partial charge in [0.1, 0.15) is 39.3 Å².